The van der Waals surface area contributed by atoms with E-state index in [1.54, 1.807) is 0 Å². The SMILES string of the molecule is CCCCCC/C=C/C(F)(F)Br. The van der Waals surface area contributed by atoms with E-state index in [0.717, 1.165) is 25.3 Å². The van der Waals surface area contributed by atoms with Gasteiger partial charge in [-0.15, -0.1) is 0 Å². The maximum absolute atomic E-state index is 12.1. The molecule has 0 N–H and O–H groups in total. The van der Waals surface area contributed by atoms with Gasteiger partial charge in [0.1, 0.15) is 0 Å². The maximum atomic E-state index is 12.1. The summed E-state index contributed by atoms with van der Waals surface area (Å²) in [6, 6.07) is 0. The Morgan fingerprint density at radius 2 is 1.92 bits per heavy atom. The Hall–Kier alpha value is 0.0800. The van der Waals surface area contributed by atoms with Gasteiger partial charge in [-0.2, -0.15) is 8.78 Å². The lowest BCUT2D eigenvalue weighted by atomic mass is 10.1. The second-order valence-electron chi connectivity index (χ2n) is 2.79. The predicted octanol–water partition coefficient (Wildman–Crippen LogP) is 4.50. The minimum absolute atomic E-state index is 0.751. The molecule has 72 valence electrons. The molecule has 12 heavy (non-hydrogen) atoms. The van der Waals surface area contributed by atoms with Gasteiger partial charge in [0.15, 0.2) is 0 Å². The molecule has 0 saturated carbocycles. The van der Waals surface area contributed by atoms with Crippen molar-refractivity contribution in [2.75, 3.05) is 0 Å². The van der Waals surface area contributed by atoms with Crippen LogP contribution in [0.1, 0.15) is 39.0 Å². The zero-order chi connectivity index (χ0) is 9.45. The third-order valence-electron chi connectivity index (χ3n) is 1.53. The quantitative estimate of drug-likeness (QED) is 0.365. The lowest BCUT2D eigenvalue weighted by Gasteiger charge is -1.99. The third-order valence-corrected chi connectivity index (χ3v) is 1.80. The number of hydrogen-bond donors (Lipinski definition) is 0. The van der Waals surface area contributed by atoms with E-state index < -0.39 is 4.83 Å². The zero-order valence-corrected chi connectivity index (χ0v) is 8.91. The van der Waals surface area contributed by atoms with Crippen molar-refractivity contribution < 1.29 is 8.78 Å². The van der Waals surface area contributed by atoms with Crippen LogP contribution in [-0.2, 0) is 0 Å². The van der Waals surface area contributed by atoms with Crippen LogP contribution in [0.4, 0.5) is 8.78 Å². The molecule has 3 heteroatoms. The van der Waals surface area contributed by atoms with Crippen molar-refractivity contribution in [1.29, 1.82) is 0 Å². The second kappa shape index (κ2) is 6.58. The molecule has 0 atom stereocenters. The average Bonchev–Trinajstić information content (AvgIpc) is 1.94. The van der Waals surface area contributed by atoms with Gasteiger partial charge in [-0.1, -0.05) is 32.3 Å². The Kier molecular flexibility index (Phi) is 6.62. The highest BCUT2D eigenvalue weighted by Crippen LogP contribution is 2.23. The first-order valence-electron chi connectivity index (χ1n) is 4.30. The molecule has 0 spiro atoms. The Morgan fingerprint density at radius 3 is 2.42 bits per heavy atom. The molecule has 0 aromatic carbocycles. The van der Waals surface area contributed by atoms with E-state index in [0.29, 0.717) is 0 Å². The van der Waals surface area contributed by atoms with Crippen molar-refractivity contribution in [3.63, 3.8) is 0 Å². The highest BCUT2D eigenvalue weighted by atomic mass is 79.9. The molecule has 0 aliphatic carbocycles. The molecule has 0 unspecified atom stereocenters. The fourth-order valence-electron chi connectivity index (χ4n) is 0.906. The number of hydrogen-bond acceptors (Lipinski definition) is 0. The summed E-state index contributed by atoms with van der Waals surface area (Å²) in [4.78, 5) is -2.82. The molecule has 0 heterocycles. The van der Waals surface area contributed by atoms with Crippen LogP contribution in [0.15, 0.2) is 12.2 Å². The van der Waals surface area contributed by atoms with Crippen LogP contribution in [0.2, 0.25) is 0 Å². The number of alkyl halides is 3. The van der Waals surface area contributed by atoms with Gasteiger partial charge in [0.05, 0.1) is 0 Å². The Bertz CT molecular complexity index is 127. The van der Waals surface area contributed by atoms with Crippen LogP contribution >= 0.6 is 15.9 Å². The van der Waals surface area contributed by atoms with Gasteiger partial charge in [0, 0.05) is 0 Å². The molecule has 0 radical (unpaired) electrons. The third kappa shape index (κ3) is 10.1. The van der Waals surface area contributed by atoms with Gasteiger partial charge in [0.2, 0.25) is 0 Å². The Labute approximate surface area is 81.2 Å². The van der Waals surface area contributed by atoms with Crippen LogP contribution in [0.25, 0.3) is 0 Å². The summed E-state index contributed by atoms with van der Waals surface area (Å²) < 4.78 is 24.3. The second-order valence-corrected chi connectivity index (χ2v) is 3.85. The van der Waals surface area contributed by atoms with E-state index >= 15 is 0 Å². The monoisotopic (exact) mass is 240 g/mol. The van der Waals surface area contributed by atoms with E-state index in [9.17, 15) is 8.78 Å². The predicted molar refractivity (Wildman–Crippen MR) is 51.8 cm³/mol. The fourth-order valence-corrected chi connectivity index (χ4v) is 1.09. The molecule has 0 rings (SSSR count). The number of allylic oxidation sites excluding steroid dienone is 2. The first-order chi connectivity index (χ1) is 5.56. The lowest BCUT2D eigenvalue weighted by Crippen LogP contribution is -1.96. The summed E-state index contributed by atoms with van der Waals surface area (Å²) >= 11 is 2.24. The standard InChI is InChI=1S/C9H15BrF2/c1-2-3-4-5-6-7-8-9(10,11)12/h7-8H,2-6H2,1H3/b8-7+. The molecule has 0 aliphatic rings. The van der Waals surface area contributed by atoms with E-state index in [1.165, 1.54) is 18.9 Å². The van der Waals surface area contributed by atoms with Gasteiger partial charge in [-0.05, 0) is 34.8 Å². The van der Waals surface area contributed by atoms with Gasteiger partial charge < -0.3 is 0 Å². The lowest BCUT2D eigenvalue weighted by molar-refractivity contribution is 0.171. The molecule has 0 bridgehead atoms. The molecule has 0 aromatic rings. The summed E-state index contributed by atoms with van der Waals surface area (Å²) in [6.07, 6.45) is 7.70. The van der Waals surface area contributed by atoms with Crippen LogP contribution in [-0.4, -0.2) is 4.83 Å². The normalized spacial score (nSPS) is 12.7. The van der Waals surface area contributed by atoms with Crippen molar-refractivity contribution in [2.45, 2.75) is 43.9 Å². The van der Waals surface area contributed by atoms with Gasteiger partial charge in [0.25, 0.3) is 0 Å². The number of unbranched alkanes of at least 4 members (excludes halogenated alkanes) is 4. The van der Waals surface area contributed by atoms with Crippen LogP contribution in [0, 0.1) is 0 Å². The molecule has 0 saturated heterocycles. The van der Waals surface area contributed by atoms with E-state index in [4.69, 9.17) is 0 Å². The zero-order valence-electron chi connectivity index (χ0n) is 7.32. The summed E-state index contributed by atoms with van der Waals surface area (Å²) in [5.41, 5.74) is 0. The summed E-state index contributed by atoms with van der Waals surface area (Å²) in [6.45, 7) is 2.13. The molecule has 0 amide bonds. The smallest absolute Gasteiger partial charge is 0.189 e. The summed E-state index contributed by atoms with van der Waals surface area (Å²) in [5, 5.41) is 0. The van der Waals surface area contributed by atoms with Crippen molar-refractivity contribution >= 4 is 15.9 Å². The van der Waals surface area contributed by atoms with Crippen molar-refractivity contribution in [1.82, 2.24) is 0 Å². The summed E-state index contributed by atoms with van der Waals surface area (Å²) in [7, 11) is 0. The fraction of sp³-hybridized carbons (Fsp3) is 0.778. The first kappa shape index (κ1) is 12.1. The highest BCUT2D eigenvalue weighted by Gasteiger charge is 2.17. The van der Waals surface area contributed by atoms with Crippen LogP contribution in [0.5, 0.6) is 0 Å². The van der Waals surface area contributed by atoms with Crippen molar-refractivity contribution in [2.24, 2.45) is 0 Å². The molecular formula is C9H15BrF2. The van der Waals surface area contributed by atoms with Crippen LogP contribution in [0.3, 0.4) is 0 Å². The molecule has 0 fully saturated rings. The van der Waals surface area contributed by atoms with Crippen LogP contribution < -0.4 is 0 Å². The average molecular weight is 241 g/mol. The van der Waals surface area contributed by atoms with Crippen molar-refractivity contribution in [3.05, 3.63) is 12.2 Å². The minimum atomic E-state index is -2.82. The van der Waals surface area contributed by atoms with Gasteiger partial charge >= 0.3 is 4.83 Å². The topological polar surface area (TPSA) is 0 Å². The van der Waals surface area contributed by atoms with E-state index in [2.05, 4.69) is 22.9 Å². The Balaban J connectivity index is 3.25. The molecular weight excluding hydrogens is 226 g/mol. The molecule has 0 aromatic heterocycles. The molecule has 0 nitrogen and oxygen atoms in total. The van der Waals surface area contributed by atoms with Gasteiger partial charge in [-0.25, -0.2) is 0 Å². The maximum Gasteiger partial charge on any atom is 0.319 e. The summed E-state index contributed by atoms with van der Waals surface area (Å²) in [5.74, 6) is 0. The number of rotatable bonds is 6. The Morgan fingerprint density at radius 1 is 1.25 bits per heavy atom. The number of halogens is 3. The van der Waals surface area contributed by atoms with E-state index in [-0.39, 0.29) is 0 Å². The minimum Gasteiger partial charge on any atom is -0.189 e. The van der Waals surface area contributed by atoms with Gasteiger partial charge in [-0.3, -0.25) is 0 Å². The van der Waals surface area contributed by atoms with Crippen molar-refractivity contribution in [3.8, 4) is 0 Å². The van der Waals surface area contributed by atoms with E-state index in [1.807, 2.05) is 0 Å². The first-order valence-corrected chi connectivity index (χ1v) is 5.10. The highest BCUT2D eigenvalue weighted by molar-refractivity contribution is 9.10. The largest absolute Gasteiger partial charge is 0.319 e. The molecule has 0 aliphatic heterocycles.